The van der Waals surface area contributed by atoms with Gasteiger partial charge in [0, 0.05) is 18.0 Å². The number of likely N-dealkylation sites (tertiary alicyclic amines) is 1. The Morgan fingerprint density at radius 2 is 2.05 bits per heavy atom. The molecule has 4 nitrogen and oxygen atoms in total. The van der Waals surface area contributed by atoms with Crippen LogP contribution in [0.1, 0.15) is 30.9 Å². The monoisotopic (exact) mass is 301 g/mol. The number of aryl methyl sites for hydroxylation is 1. The smallest absolute Gasteiger partial charge is 0.336 e. The molecule has 118 valence electrons. The molecule has 1 aliphatic heterocycles. The summed E-state index contributed by atoms with van der Waals surface area (Å²) in [4.78, 5) is 14.1. The maximum Gasteiger partial charge on any atom is 0.336 e. The van der Waals surface area contributed by atoms with Gasteiger partial charge in [0.2, 0.25) is 0 Å². The molecule has 1 atom stereocenters. The lowest BCUT2D eigenvalue weighted by Gasteiger charge is -2.33. The van der Waals surface area contributed by atoms with Crippen molar-refractivity contribution in [2.75, 3.05) is 13.1 Å². The third-order valence-electron chi connectivity index (χ3n) is 4.69. The minimum atomic E-state index is -0.285. The van der Waals surface area contributed by atoms with Gasteiger partial charge < -0.3 is 9.52 Å². The SMILES string of the molecule is Cc1ccc2c(CN3CCC(C(C)O)CC3)cc(=O)oc2c1. The van der Waals surface area contributed by atoms with Crippen molar-refractivity contribution in [1.29, 1.82) is 0 Å². The fourth-order valence-electron chi connectivity index (χ4n) is 3.30. The average molecular weight is 301 g/mol. The summed E-state index contributed by atoms with van der Waals surface area (Å²) in [6, 6.07) is 7.61. The van der Waals surface area contributed by atoms with E-state index in [0.29, 0.717) is 11.5 Å². The molecule has 1 saturated heterocycles. The number of fused-ring (bicyclic) bond motifs is 1. The zero-order valence-corrected chi connectivity index (χ0v) is 13.2. The van der Waals surface area contributed by atoms with Gasteiger partial charge in [-0.05, 0) is 62.9 Å². The van der Waals surface area contributed by atoms with Gasteiger partial charge in [-0.2, -0.15) is 0 Å². The minimum absolute atomic E-state index is 0.227. The highest BCUT2D eigenvalue weighted by atomic mass is 16.4. The first-order valence-electron chi connectivity index (χ1n) is 7.97. The molecule has 1 aromatic carbocycles. The van der Waals surface area contributed by atoms with Crippen molar-refractivity contribution >= 4 is 11.0 Å². The summed E-state index contributed by atoms with van der Waals surface area (Å²) in [7, 11) is 0. The van der Waals surface area contributed by atoms with Gasteiger partial charge in [-0.1, -0.05) is 12.1 Å². The Bertz CT molecular complexity index is 712. The van der Waals surface area contributed by atoms with Crippen molar-refractivity contribution in [3.05, 3.63) is 45.8 Å². The van der Waals surface area contributed by atoms with Gasteiger partial charge in [0.1, 0.15) is 5.58 Å². The van der Waals surface area contributed by atoms with E-state index in [1.54, 1.807) is 6.07 Å². The molecule has 1 N–H and O–H groups in total. The normalized spacial score (nSPS) is 18.7. The Labute approximate surface area is 130 Å². The number of aliphatic hydroxyl groups excluding tert-OH is 1. The fraction of sp³-hybridized carbons (Fsp3) is 0.500. The van der Waals surface area contributed by atoms with E-state index in [4.69, 9.17) is 4.42 Å². The topological polar surface area (TPSA) is 53.7 Å². The number of aliphatic hydroxyl groups is 1. The quantitative estimate of drug-likeness (QED) is 0.886. The van der Waals surface area contributed by atoms with Crippen LogP contribution in [0.5, 0.6) is 0 Å². The lowest BCUT2D eigenvalue weighted by molar-refractivity contribution is 0.0696. The number of benzene rings is 1. The molecule has 0 saturated carbocycles. The second kappa shape index (κ2) is 6.23. The molecule has 3 rings (SSSR count). The molecule has 2 heterocycles. The highest BCUT2D eigenvalue weighted by Gasteiger charge is 2.23. The van der Waals surface area contributed by atoms with Crippen LogP contribution in [0.2, 0.25) is 0 Å². The number of hydrogen-bond donors (Lipinski definition) is 1. The van der Waals surface area contributed by atoms with E-state index in [9.17, 15) is 9.90 Å². The summed E-state index contributed by atoms with van der Waals surface area (Å²) in [5.74, 6) is 0.400. The molecule has 1 unspecified atom stereocenters. The van der Waals surface area contributed by atoms with Crippen molar-refractivity contribution in [1.82, 2.24) is 4.90 Å². The van der Waals surface area contributed by atoms with Gasteiger partial charge in [0.05, 0.1) is 6.10 Å². The second-order valence-electron chi connectivity index (χ2n) is 6.44. The van der Waals surface area contributed by atoms with Crippen LogP contribution in [0.15, 0.2) is 33.5 Å². The van der Waals surface area contributed by atoms with Crippen LogP contribution in [0.3, 0.4) is 0 Å². The van der Waals surface area contributed by atoms with Gasteiger partial charge in [0.15, 0.2) is 0 Å². The lowest BCUT2D eigenvalue weighted by Crippen LogP contribution is -2.36. The van der Waals surface area contributed by atoms with Crippen LogP contribution < -0.4 is 5.63 Å². The minimum Gasteiger partial charge on any atom is -0.423 e. The summed E-state index contributed by atoms with van der Waals surface area (Å²) in [5, 5.41) is 10.7. The van der Waals surface area contributed by atoms with E-state index in [-0.39, 0.29) is 11.7 Å². The summed E-state index contributed by atoms with van der Waals surface area (Å²) >= 11 is 0. The van der Waals surface area contributed by atoms with E-state index in [2.05, 4.69) is 4.90 Å². The van der Waals surface area contributed by atoms with Crippen molar-refractivity contribution in [2.24, 2.45) is 5.92 Å². The number of piperidine rings is 1. The molecular weight excluding hydrogens is 278 g/mol. The number of rotatable bonds is 3. The van der Waals surface area contributed by atoms with Crippen molar-refractivity contribution in [2.45, 2.75) is 39.3 Å². The molecule has 0 radical (unpaired) electrons. The molecule has 4 heteroatoms. The van der Waals surface area contributed by atoms with E-state index in [0.717, 1.165) is 49.0 Å². The predicted octanol–water partition coefficient (Wildman–Crippen LogP) is 2.69. The Morgan fingerprint density at radius 1 is 1.32 bits per heavy atom. The zero-order valence-electron chi connectivity index (χ0n) is 13.2. The molecular formula is C18H23NO3. The van der Waals surface area contributed by atoms with Crippen LogP contribution in [0.4, 0.5) is 0 Å². The molecule has 22 heavy (non-hydrogen) atoms. The molecule has 1 aliphatic rings. The first-order chi connectivity index (χ1) is 10.5. The first kappa shape index (κ1) is 15.3. The first-order valence-corrected chi connectivity index (χ1v) is 7.97. The summed E-state index contributed by atoms with van der Waals surface area (Å²) in [6.45, 7) is 6.55. The van der Waals surface area contributed by atoms with E-state index >= 15 is 0 Å². The zero-order chi connectivity index (χ0) is 15.7. The van der Waals surface area contributed by atoms with Crippen LogP contribution >= 0.6 is 0 Å². The van der Waals surface area contributed by atoms with Crippen LogP contribution in [0, 0.1) is 12.8 Å². The van der Waals surface area contributed by atoms with Gasteiger partial charge in [-0.3, -0.25) is 4.90 Å². The van der Waals surface area contributed by atoms with Crippen LogP contribution in [-0.2, 0) is 6.54 Å². The lowest BCUT2D eigenvalue weighted by atomic mass is 9.92. The van der Waals surface area contributed by atoms with Crippen LogP contribution in [-0.4, -0.2) is 29.2 Å². The molecule has 0 aliphatic carbocycles. The van der Waals surface area contributed by atoms with Crippen molar-refractivity contribution < 1.29 is 9.52 Å². The Kier molecular flexibility index (Phi) is 4.32. The number of hydrogen-bond acceptors (Lipinski definition) is 4. The van der Waals surface area contributed by atoms with E-state index in [1.807, 2.05) is 32.0 Å². The standard InChI is InChI=1S/C18H23NO3/c1-12-3-4-16-15(10-18(21)22-17(16)9-12)11-19-7-5-14(6-8-19)13(2)20/h3-4,9-10,13-14,20H,5-8,11H2,1-2H3. The highest BCUT2D eigenvalue weighted by Crippen LogP contribution is 2.24. The van der Waals surface area contributed by atoms with Crippen molar-refractivity contribution in [3.63, 3.8) is 0 Å². The molecule has 2 aromatic rings. The van der Waals surface area contributed by atoms with Gasteiger partial charge in [-0.15, -0.1) is 0 Å². The van der Waals surface area contributed by atoms with E-state index < -0.39 is 0 Å². The van der Waals surface area contributed by atoms with Gasteiger partial charge in [0.25, 0.3) is 0 Å². The second-order valence-corrected chi connectivity index (χ2v) is 6.44. The fourth-order valence-corrected chi connectivity index (χ4v) is 3.30. The predicted molar refractivity (Wildman–Crippen MR) is 86.9 cm³/mol. The Balaban J connectivity index is 1.81. The molecule has 0 amide bonds. The summed E-state index contributed by atoms with van der Waals surface area (Å²) in [6.07, 6.45) is 1.79. The van der Waals surface area contributed by atoms with Crippen molar-refractivity contribution in [3.8, 4) is 0 Å². The Hall–Kier alpha value is -1.65. The van der Waals surface area contributed by atoms with Crippen LogP contribution in [0.25, 0.3) is 11.0 Å². The molecule has 1 fully saturated rings. The van der Waals surface area contributed by atoms with E-state index in [1.165, 1.54) is 0 Å². The van der Waals surface area contributed by atoms with Gasteiger partial charge >= 0.3 is 5.63 Å². The molecule has 0 spiro atoms. The number of nitrogens with zero attached hydrogens (tertiary/aromatic N) is 1. The third-order valence-corrected chi connectivity index (χ3v) is 4.69. The maximum absolute atomic E-state index is 11.8. The van der Waals surface area contributed by atoms with Gasteiger partial charge in [-0.25, -0.2) is 4.79 Å². The highest BCUT2D eigenvalue weighted by molar-refractivity contribution is 5.80. The largest absolute Gasteiger partial charge is 0.423 e. The summed E-state index contributed by atoms with van der Waals surface area (Å²) in [5.41, 5.74) is 2.50. The maximum atomic E-state index is 11.8. The summed E-state index contributed by atoms with van der Waals surface area (Å²) < 4.78 is 5.31. The third kappa shape index (κ3) is 3.23. The molecule has 1 aromatic heterocycles. The molecule has 0 bridgehead atoms. The average Bonchev–Trinajstić information content (AvgIpc) is 2.47. The Morgan fingerprint density at radius 3 is 2.73 bits per heavy atom.